The fourth-order valence-electron chi connectivity index (χ4n) is 2.97. The number of rotatable bonds is 6. The number of hydrogen-bond acceptors (Lipinski definition) is 3. The van der Waals surface area contributed by atoms with E-state index in [0.717, 1.165) is 23.8 Å². The first-order valence-corrected chi connectivity index (χ1v) is 8.89. The molecule has 26 heavy (non-hydrogen) atoms. The maximum atomic E-state index is 13.1. The van der Waals surface area contributed by atoms with Crippen LogP contribution in [0.1, 0.15) is 35.7 Å². The molecule has 0 saturated heterocycles. The molecule has 0 N–H and O–H groups in total. The van der Waals surface area contributed by atoms with Gasteiger partial charge in [-0.1, -0.05) is 43.7 Å². The minimum absolute atomic E-state index is 0.194. The number of hydrogen-bond donors (Lipinski definition) is 0. The molecule has 0 aliphatic heterocycles. The van der Waals surface area contributed by atoms with Gasteiger partial charge in [0.05, 0.1) is 6.54 Å². The van der Waals surface area contributed by atoms with Gasteiger partial charge >= 0.3 is 0 Å². The molecular formula is C21H23N3O2. The van der Waals surface area contributed by atoms with Crippen LogP contribution in [0.3, 0.4) is 0 Å². The van der Waals surface area contributed by atoms with Crippen molar-refractivity contribution in [1.29, 1.82) is 0 Å². The zero-order valence-corrected chi connectivity index (χ0v) is 15.2. The molecule has 0 aliphatic rings. The Morgan fingerprint density at radius 1 is 1.15 bits per heavy atom. The molecule has 134 valence electrons. The molecule has 5 heteroatoms. The Labute approximate surface area is 152 Å². The Hall–Kier alpha value is -2.95. The second kappa shape index (κ2) is 7.95. The van der Waals surface area contributed by atoms with Gasteiger partial charge in [-0.2, -0.15) is 0 Å². The molecule has 3 aromatic rings. The highest BCUT2D eigenvalue weighted by molar-refractivity contribution is 5.96. The highest BCUT2D eigenvalue weighted by Gasteiger charge is 2.19. The third-order valence-electron chi connectivity index (χ3n) is 4.46. The van der Waals surface area contributed by atoms with E-state index in [-0.39, 0.29) is 17.0 Å². The van der Waals surface area contributed by atoms with Crippen molar-refractivity contribution in [2.45, 2.75) is 26.3 Å². The number of fused-ring (bicyclic) bond motifs is 1. The lowest BCUT2D eigenvalue weighted by Gasteiger charge is -2.18. The van der Waals surface area contributed by atoms with Gasteiger partial charge in [0.15, 0.2) is 0 Å². The van der Waals surface area contributed by atoms with Crippen molar-refractivity contribution in [3.63, 3.8) is 0 Å². The second-order valence-electron chi connectivity index (χ2n) is 6.43. The number of carbonyl (C=O) groups is 1. The monoisotopic (exact) mass is 349 g/mol. The average molecular weight is 349 g/mol. The molecular weight excluding hydrogens is 326 g/mol. The molecule has 0 saturated carbocycles. The number of nitrogens with zero attached hydrogens (tertiary/aromatic N) is 3. The Balaban J connectivity index is 2.09. The molecule has 0 radical (unpaired) electrons. The van der Waals surface area contributed by atoms with E-state index in [9.17, 15) is 9.59 Å². The van der Waals surface area contributed by atoms with Gasteiger partial charge in [0.1, 0.15) is 11.2 Å². The Bertz CT molecular complexity index is 964. The third kappa shape index (κ3) is 3.67. The molecule has 5 nitrogen and oxygen atoms in total. The third-order valence-corrected chi connectivity index (χ3v) is 4.46. The van der Waals surface area contributed by atoms with E-state index in [1.165, 1.54) is 0 Å². The van der Waals surface area contributed by atoms with Crippen LogP contribution in [0.25, 0.3) is 11.0 Å². The number of aromatic nitrogens is 2. The van der Waals surface area contributed by atoms with E-state index in [1.54, 1.807) is 28.8 Å². The maximum absolute atomic E-state index is 13.1. The van der Waals surface area contributed by atoms with Crippen molar-refractivity contribution in [3.05, 3.63) is 76.2 Å². The van der Waals surface area contributed by atoms with E-state index >= 15 is 0 Å². The standard InChI is InChI=1S/C21H23N3O2/c1-3-4-13-23(2)20(25)18-14-17-11-8-12-22-19(17)24(21(18)26)15-16-9-6-5-7-10-16/h5-12,14H,3-4,13,15H2,1-2H3. The largest absolute Gasteiger partial charge is 0.342 e. The molecule has 0 bridgehead atoms. The lowest BCUT2D eigenvalue weighted by Crippen LogP contribution is -2.35. The van der Waals surface area contributed by atoms with Crippen LogP contribution in [0, 0.1) is 0 Å². The quantitative estimate of drug-likeness (QED) is 0.686. The summed E-state index contributed by atoms with van der Waals surface area (Å²) in [6, 6.07) is 15.1. The first-order chi connectivity index (χ1) is 12.6. The molecule has 0 aliphatic carbocycles. The first kappa shape index (κ1) is 17.9. The second-order valence-corrected chi connectivity index (χ2v) is 6.43. The topological polar surface area (TPSA) is 55.2 Å². The predicted molar refractivity (Wildman–Crippen MR) is 103 cm³/mol. The SMILES string of the molecule is CCCCN(C)C(=O)c1cc2cccnc2n(Cc2ccccc2)c1=O. The average Bonchev–Trinajstić information content (AvgIpc) is 2.68. The summed E-state index contributed by atoms with van der Waals surface area (Å²) in [7, 11) is 1.74. The van der Waals surface area contributed by atoms with Crippen molar-refractivity contribution in [1.82, 2.24) is 14.5 Å². The number of unbranched alkanes of at least 4 members (excludes halogenated alkanes) is 1. The lowest BCUT2D eigenvalue weighted by molar-refractivity contribution is 0.0791. The van der Waals surface area contributed by atoms with Crippen LogP contribution in [-0.2, 0) is 6.54 Å². The number of amides is 1. The van der Waals surface area contributed by atoms with Gasteiger partial charge < -0.3 is 4.90 Å². The summed E-state index contributed by atoms with van der Waals surface area (Å²) in [6.07, 6.45) is 3.57. The minimum atomic E-state index is -0.298. The van der Waals surface area contributed by atoms with E-state index < -0.39 is 0 Å². The summed E-state index contributed by atoms with van der Waals surface area (Å²) in [5.41, 5.74) is 1.48. The van der Waals surface area contributed by atoms with Crippen molar-refractivity contribution in [2.75, 3.05) is 13.6 Å². The molecule has 2 aromatic heterocycles. The van der Waals surface area contributed by atoms with Gasteiger partial charge in [0, 0.05) is 25.2 Å². The molecule has 0 unspecified atom stereocenters. The summed E-state index contributed by atoms with van der Waals surface area (Å²) >= 11 is 0. The Kier molecular flexibility index (Phi) is 5.46. The number of benzene rings is 1. The van der Waals surface area contributed by atoms with E-state index in [2.05, 4.69) is 11.9 Å². The highest BCUT2D eigenvalue weighted by Crippen LogP contribution is 2.14. The van der Waals surface area contributed by atoms with Crippen molar-refractivity contribution >= 4 is 16.9 Å². The molecule has 1 amide bonds. The Morgan fingerprint density at radius 3 is 2.65 bits per heavy atom. The summed E-state index contributed by atoms with van der Waals surface area (Å²) in [4.78, 5) is 31.9. The molecule has 0 fully saturated rings. The molecule has 2 heterocycles. The van der Waals surface area contributed by atoms with Gasteiger partial charge in [-0.15, -0.1) is 0 Å². The maximum Gasteiger partial charge on any atom is 0.265 e. The fraction of sp³-hybridized carbons (Fsp3) is 0.286. The summed E-state index contributed by atoms with van der Waals surface area (Å²) in [5, 5.41) is 0.787. The highest BCUT2D eigenvalue weighted by atomic mass is 16.2. The Morgan fingerprint density at radius 2 is 1.92 bits per heavy atom. The normalized spacial score (nSPS) is 10.8. The molecule has 3 rings (SSSR count). The molecule has 0 atom stereocenters. The number of pyridine rings is 2. The van der Waals surface area contributed by atoms with Crippen LogP contribution in [0.5, 0.6) is 0 Å². The van der Waals surface area contributed by atoms with Gasteiger partial charge in [-0.3, -0.25) is 14.2 Å². The van der Waals surface area contributed by atoms with E-state index in [4.69, 9.17) is 0 Å². The summed E-state index contributed by atoms with van der Waals surface area (Å²) < 4.78 is 1.59. The van der Waals surface area contributed by atoms with E-state index in [0.29, 0.717) is 18.7 Å². The van der Waals surface area contributed by atoms with Crippen molar-refractivity contribution in [3.8, 4) is 0 Å². The lowest BCUT2D eigenvalue weighted by atomic mass is 10.1. The summed E-state index contributed by atoms with van der Waals surface area (Å²) in [6.45, 7) is 3.10. The van der Waals surface area contributed by atoms with Crippen LogP contribution < -0.4 is 5.56 Å². The van der Waals surface area contributed by atoms with Gasteiger partial charge in [-0.05, 0) is 30.2 Å². The molecule has 0 spiro atoms. The van der Waals surface area contributed by atoms with Gasteiger partial charge in [-0.25, -0.2) is 4.98 Å². The summed E-state index contributed by atoms with van der Waals surface area (Å²) in [5.74, 6) is -0.240. The van der Waals surface area contributed by atoms with Crippen LogP contribution in [-0.4, -0.2) is 34.0 Å². The van der Waals surface area contributed by atoms with Crippen LogP contribution in [0.4, 0.5) is 0 Å². The smallest absolute Gasteiger partial charge is 0.265 e. The van der Waals surface area contributed by atoms with E-state index in [1.807, 2.05) is 42.5 Å². The molecule has 1 aromatic carbocycles. The first-order valence-electron chi connectivity index (χ1n) is 8.89. The zero-order valence-electron chi connectivity index (χ0n) is 15.2. The minimum Gasteiger partial charge on any atom is -0.342 e. The van der Waals surface area contributed by atoms with Crippen LogP contribution >= 0.6 is 0 Å². The predicted octanol–water partition coefficient (Wildman–Crippen LogP) is 3.32. The van der Waals surface area contributed by atoms with Crippen molar-refractivity contribution < 1.29 is 4.79 Å². The van der Waals surface area contributed by atoms with Gasteiger partial charge in [0.2, 0.25) is 0 Å². The van der Waals surface area contributed by atoms with Crippen LogP contribution in [0.2, 0.25) is 0 Å². The van der Waals surface area contributed by atoms with Crippen molar-refractivity contribution in [2.24, 2.45) is 0 Å². The number of carbonyl (C=O) groups excluding carboxylic acids is 1. The fourth-order valence-corrected chi connectivity index (χ4v) is 2.97. The van der Waals surface area contributed by atoms with Gasteiger partial charge in [0.25, 0.3) is 11.5 Å². The van der Waals surface area contributed by atoms with Crippen LogP contribution in [0.15, 0.2) is 59.5 Å². The zero-order chi connectivity index (χ0) is 18.5.